The molecule has 0 fully saturated rings. The third-order valence-corrected chi connectivity index (χ3v) is 9.34. The van der Waals surface area contributed by atoms with Gasteiger partial charge in [-0.2, -0.15) is 0 Å². The molecule has 4 aromatic carbocycles. The first-order valence-corrected chi connectivity index (χ1v) is 12.1. The molecule has 148 valence electrons. The molecular formula is C28H25OP. The van der Waals surface area contributed by atoms with Crippen molar-refractivity contribution in [3.63, 3.8) is 0 Å². The second-order valence-electron chi connectivity index (χ2n) is 7.31. The van der Waals surface area contributed by atoms with Crippen LogP contribution in [0.25, 0.3) is 0 Å². The number of benzene rings is 4. The van der Waals surface area contributed by atoms with E-state index < -0.39 is 6.89 Å². The highest BCUT2D eigenvalue weighted by Gasteiger charge is 2.26. The van der Waals surface area contributed by atoms with Crippen LogP contribution in [-0.2, 0) is 11.2 Å². The van der Waals surface area contributed by atoms with Gasteiger partial charge in [-0.05, 0) is 40.6 Å². The molecule has 0 atom stereocenters. The van der Waals surface area contributed by atoms with Crippen LogP contribution in [0.4, 0.5) is 0 Å². The molecule has 0 aromatic heterocycles. The van der Waals surface area contributed by atoms with E-state index >= 15 is 0 Å². The van der Waals surface area contributed by atoms with Gasteiger partial charge >= 0.3 is 0 Å². The van der Waals surface area contributed by atoms with Crippen molar-refractivity contribution in [2.24, 2.45) is 0 Å². The zero-order valence-electron chi connectivity index (χ0n) is 16.9. The zero-order chi connectivity index (χ0) is 20.7. The summed E-state index contributed by atoms with van der Waals surface area (Å²) in [6.07, 6.45) is 1.27. The van der Waals surface area contributed by atoms with Gasteiger partial charge in [0, 0.05) is 6.42 Å². The van der Waals surface area contributed by atoms with Crippen LogP contribution in [0.5, 0.6) is 0 Å². The molecule has 1 nitrogen and oxygen atoms in total. The van der Waals surface area contributed by atoms with Gasteiger partial charge in [-0.1, -0.05) is 121 Å². The molecule has 0 bridgehead atoms. The summed E-state index contributed by atoms with van der Waals surface area (Å²) in [6, 6.07) is 41.7. The van der Waals surface area contributed by atoms with Crippen LogP contribution in [0.1, 0.15) is 12.0 Å². The first kappa shape index (κ1) is 20.1. The first-order chi connectivity index (χ1) is 14.8. The fourth-order valence-electron chi connectivity index (χ4n) is 3.85. The Labute approximate surface area is 179 Å². The van der Waals surface area contributed by atoms with Crippen molar-refractivity contribution in [1.82, 2.24) is 0 Å². The normalized spacial score (nSPS) is 11.1. The molecule has 4 aromatic rings. The van der Waals surface area contributed by atoms with Crippen molar-refractivity contribution in [3.05, 3.63) is 127 Å². The summed E-state index contributed by atoms with van der Waals surface area (Å²) in [7, 11) is 0. The van der Waals surface area contributed by atoms with E-state index in [2.05, 4.69) is 84.9 Å². The highest BCUT2D eigenvalue weighted by Crippen LogP contribution is 2.43. The maximum atomic E-state index is 13.3. The third kappa shape index (κ3) is 4.37. The Morgan fingerprint density at radius 2 is 0.933 bits per heavy atom. The van der Waals surface area contributed by atoms with Gasteiger partial charge in [0.2, 0.25) is 0 Å². The van der Waals surface area contributed by atoms with Crippen molar-refractivity contribution in [2.75, 3.05) is 0 Å². The Morgan fingerprint density at radius 1 is 0.567 bits per heavy atom. The van der Waals surface area contributed by atoms with Crippen molar-refractivity contribution in [1.29, 1.82) is 0 Å². The monoisotopic (exact) mass is 408 g/mol. The van der Waals surface area contributed by atoms with Gasteiger partial charge in [0.25, 0.3) is 0 Å². The van der Waals surface area contributed by atoms with E-state index in [0.717, 1.165) is 6.42 Å². The molecule has 0 spiro atoms. The lowest BCUT2D eigenvalue weighted by molar-refractivity contribution is -0.112. The maximum absolute atomic E-state index is 13.3. The minimum atomic E-state index is -2.21. The Kier molecular flexibility index (Phi) is 6.42. The van der Waals surface area contributed by atoms with Gasteiger partial charge in [-0.15, -0.1) is 0 Å². The summed E-state index contributed by atoms with van der Waals surface area (Å²) >= 11 is 0. The summed E-state index contributed by atoms with van der Waals surface area (Å²) in [4.78, 5) is 13.3. The number of aryl methyl sites for hydroxylation is 1. The summed E-state index contributed by atoms with van der Waals surface area (Å²) in [5, 5.41) is 3.61. The summed E-state index contributed by atoms with van der Waals surface area (Å²) in [5.74, 6) is 2.24. The molecule has 0 aliphatic heterocycles. The van der Waals surface area contributed by atoms with Crippen LogP contribution in [0.3, 0.4) is 0 Å². The summed E-state index contributed by atoms with van der Waals surface area (Å²) in [6.45, 7) is -2.21. The van der Waals surface area contributed by atoms with Crippen LogP contribution in [0, 0.1) is 0 Å². The molecule has 0 aliphatic rings. The third-order valence-electron chi connectivity index (χ3n) is 5.33. The van der Waals surface area contributed by atoms with Crippen LogP contribution < -0.4 is 15.9 Å². The highest BCUT2D eigenvalue weighted by molar-refractivity contribution is 7.95. The highest BCUT2D eigenvalue weighted by atomic mass is 31.2. The Hall–Kier alpha value is -3.15. The molecule has 0 radical (unpaired) electrons. The molecule has 0 saturated heterocycles. The number of carbonyl (C=O) groups is 1. The van der Waals surface area contributed by atoms with Crippen LogP contribution in [-0.4, -0.2) is 11.6 Å². The molecule has 4 rings (SSSR count). The largest absolute Gasteiger partial charge is 0.295 e. The molecule has 30 heavy (non-hydrogen) atoms. The minimum absolute atomic E-state index is 0.198. The standard InChI is InChI=1S/C28H25OP/c29-25(22-21-24-13-5-1-6-14-24)23-30(26-15-7-2-8-16-26,27-17-9-3-10-18-27)28-19-11-4-12-20-28/h1-20,23H,21-22H2. The molecule has 0 N–H and O–H groups in total. The van der Waals surface area contributed by atoms with Gasteiger partial charge < -0.3 is 0 Å². The van der Waals surface area contributed by atoms with Crippen LogP contribution in [0.2, 0.25) is 0 Å². The van der Waals surface area contributed by atoms with Crippen molar-refractivity contribution < 1.29 is 4.79 Å². The van der Waals surface area contributed by atoms with Crippen molar-refractivity contribution in [2.45, 2.75) is 12.8 Å². The number of rotatable bonds is 7. The number of hydrogen-bond acceptors (Lipinski definition) is 1. The average molecular weight is 408 g/mol. The van der Waals surface area contributed by atoms with E-state index in [1.807, 2.05) is 42.2 Å². The van der Waals surface area contributed by atoms with E-state index in [1.165, 1.54) is 21.5 Å². The minimum Gasteiger partial charge on any atom is -0.295 e. The van der Waals surface area contributed by atoms with E-state index in [-0.39, 0.29) is 5.78 Å². The van der Waals surface area contributed by atoms with Crippen molar-refractivity contribution >= 4 is 34.4 Å². The number of carbonyl (C=O) groups excluding carboxylic acids is 1. The van der Waals surface area contributed by atoms with Crippen LogP contribution >= 0.6 is 6.89 Å². The predicted molar refractivity (Wildman–Crippen MR) is 131 cm³/mol. The molecule has 0 aliphatic carbocycles. The average Bonchev–Trinajstić information content (AvgIpc) is 2.83. The van der Waals surface area contributed by atoms with Crippen molar-refractivity contribution in [3.8, 4) is 0 Å². The number of hydrogen-bond donors (Lipinski definition) is 0. The topological polar surface area (TPSA) is 17.1 Å². The lowest BCUT2D eigenvalue weighted by Crippen LogP contribution is -2.28. The summed E-state index contributed by atoms with van der Waals surface area (Å²) < 4.78 is 0. The molecule has 0 unspecified atom stereocenters. The predicted octanol–water partition coefficient (Wildman–Crippen LogP) is 4.98. The Balaban J connectivity index is 1.86. The number of ketones is 1. The van der Waals surface area contributed by atoms with Gasteiger partial charge in [0.15, 0.2) is 5.78 Å². The Morgan fingerprint density at radius 3 is 1.33 bits per heavy atom. The SMILES string of the molecule is O=C(C=P(c1ccccc1)(c1ccccc1)c1ccccc1)CCc1ccccc1. The second kappa shape index (κ2) is 9.57. The fourth-order valence-corrected chi connectivity index (χ4v) is 7.68. The van der Waals surface area contributed by atoms with E-state index in [4.69, 9.17) is 0 Å². The number of Topliss-reactive ketones (excluding diaryl/α,β-unsaturated/α-hetero) is 1. The Bertz CT molecular complexity index is 1030. The first-order valence-electron chi connectivity index (χ1n) is 10.3. The molecule has 0 saturated carbocycles. The molecule has 0 amide bonds. The maximum Gasteiger partial charge on any atom is 0.157 e. The van der Waals surface area contributed by atoms with E-state index in [1.54, 1.807) is 0 Å². The second-order valence-corrected chi connectivity index (χ2v) is 10.6. The lowest BCUT2D eigenvalue weighted by atomic mass is 10.1. The molecular weight excluding hydrogens is 383 g/mol. The van der Waals surface area contributed by atoms with Crippen LogP contribution in [0.15, 0.2) is 121 Å². The lowest BCUT2D eigenvalue weighted by Gasteiger charge is -2.28. The summed E-state index contributed by atoms with van der Waals surface area (Å²) in [5.41, 5.74) is 1.20. The molecule has 0 heterocycles. The van der Waals surface area contributed by atoms with Gasteiger partial charge in [-0.25, -0.2) is 0 Å². The van der Waals surface area contributed by atoms with E-state index in [9.17, 15) is 4.79 Å². The smallest absolute Gasteiger partial charge is 0.157 e. The molecule has 2 heteroatoms. The zero-order valence-corrected chi connectivity index (χ0v) is 17.8. The fraction of sp³-hybridized carbons (Fsp3) is 0.0714. The van der Waals surface area contributed by atoms with Gasteiger partial charge in [0.05, 0.1) is 0 Å². The van der Waals surface area contributed by atoms with Gasteiger partial charge in [0.1, 0.15) is 0 Å². The van der Waals surface area contributed by atoms with Gasteiger partial charge in [-0.3, -0.25) is 4.79 Å². The quantitative estimate of drug-likeness (QED) is 0.394. The van der Waals surface area contributed by atoms with E-state index in [0.29, 0.717) is 6.42 Å².